The van der Waals surface area contributed by atoms with Crippen molar-refractivity contribution in [1.82, 2.24) is 0 Å². The molecule has 1 aromatic rings. The van der Waals surface area contributed by atoms with Crippen molar-refractivity contribution < 1.29 is 9.53 Å². The van der Waals surface area contributed by atoms with Crippen LogP contribution in [-0.4, -0.2) is 26.2 Å². The Morgan fingerprint density at radius 1 is 1.56 bits per heavy atom. The van der Waals surface area contributed by atoms with Gasteiger partial charge in [0.1, 0.15) is 0 Å². The lowest BCUT2D eigenvalue weighted by molar-refractivity contribution is 0.0601. The second kappa shape index (κ2) is 5.06. The van der Waals surface area contributed by atoms with E-state index in [-0.39, 0.29) is 0 Å². The summed E-state index contributed by atoms with van der Waals surface area (Å²) in [5.41, 5.74) is 7.38. The number of ether oxygens (including phenoxy) is 1. The monoisotopic (exact) mass is 268 g/mol. The molecule has 0 amide bonds. The number of carbonyl (C=O) groups is 1. The number of nitrogens with two attached hydrogens (primary N) is 1. The highest BCUT2D eigenvalue weighted by Gasteiger charge is 2.26. The first-order valence-electron chi connectivity index (χ1n) is 5.95. The molecule has 1 saturated heterocycles. The molecule has 2 N–H and O–H groups in total. The van der Waals surface area contributed by atoms with E-state index in [1.807, 2.05) is 0 Å². The Labute approximate surface area is 112 Å². The molecule has 1 aliphatic rings. The van der Waals surface area contributed by atoms with E-state index in [2.05, 4.69) is 11.8 Å². The number of anilines is 2. The number of benzene rings is 1. The summed E-state index contributed by atoms with van der Waals surface area (Å²) < 4.78 is 4.79. The molecule has 1 aliphatic heterocycles. The predicted molar refractivity (Wildman–Crippen MR) is 73.2 cm³/mol. The van der Waals surface area contributed by atoms with E-state index in [9.17, 15) is 4.79 Å². The van der Waals surface area contributed by atoms with Crippen LogP contribution in [0.2, 0.25) is 5.02 Å². The van der Waals surface area contributed by atoms with Crippen molar-refractivity contribution in [2.75, 3.05) is 30.8 Å². The van der Waals surface area contributed by atoms with Crippen LogP contribution in [-0.2, 0) is 4.74 Å². The fraction of sp³-hybridized carbons (Fsp3) is 0.462. The van der Waals surface area contributed by atoms with E-state index in [1.54, 1.807) is 12.1 Å². The van der Waals surface area contributed by atoms with Gasteiger partial charge in [-0.1, -0.05) is 18.5 Å². The quantitative estimate of drug-likeness (QED) is 0.662. The van der Waals surface area contributed by atoms with Crippen molar-refractivity contribution in [3.8, 4) is 0 Å². The second-order valence-corrected chi connectivity index (χ2v) is 5.14. The SMILES string of the molecule is COC(=O)c1cc(N)cc(Cl)c1N1CCC(C)C1. The van der Waals surface area contributed by atoms with E-state index in [0.29, 0.717) is 22.2 Å². The molecule has 1 fully saturated rings. The van der Waals surface area contributed by atoms with Crippen LogP contribution in [0.4, 0.5) is 11.4 Å². The summed E-state index contributed by atoms with van der Waals surface area (Å²) in [6.07, 6.45) is 1.10. The van der Waals surface area contributed by atoms with Crippen molar-refractivity contribution in [2.45, 2.75) is 13.3 Å². The Kier molecular flexibility index (Phi) is 3.66. The van der Waals surface area contributed by atoms with Crippen LogP contribution in [0.3, 0.4) is 0 Å². The van der Waals surface area contributed by atoms with Gasteiger partial charge >= 0.3 is 5.97 Å². The third-order valence-corrected chi connectivity index (χ3v) is 3.52. The molecule has 0 radical (unpaired) electrons. The van der Waals surface area contributed by atoms with Gasteiger partial charge < -0.3 is 15.4 Å². The topological polar surface area (TPSA) is 55.6 Å². The number of rotatable bonds is 2. The zero-order chi connectivity index (χ0) is 13.3. The molecule has 4 nitrogen and oxygen atoms in total. The average Bonchev–Trinajstić information content (AvgIpc) is 2.73. The van der Waals surface area contributed by atoms with Crippen LogP contribution in [0.1, 0.15) is 23.7 Å². The van der Waals surface area contributed by atoms with Gasteiger partial charge in [-0.2, -0.15) is 0 Å². The molecule has 0 bridgehead atoms. The molecule has 0 aromatic heterocycles. The Hall–Kier alpha value is -1.42. The van der Waals surface area contributed by atoms with Crippen LogP contribution < -0.4 is 10.6 Å². The van der Waals surface area contributed by atoms with Gasteiger partial charge in [0.25, 0.3) is 0 Å². The number of nitrogen functional groups attached to an aromatic ring is 1. The number of esters is 1. The van der Waals surface area contributed by atoms with Gasteiger partial charge in [0.15, 0.2) is 0 Å². The van der Waals surface area contributed by atoms with Gasteiger partial charge in [0, 0.05) is 18.8 Å². The van der Waals surface area contributed by atoms with E-state index in [4.69, 9.17) is 22.1 Å². The van der Waals surface area contributed by atoms with Gasteiger partial charge in [-0.05, 0) is 24.5 Å². The molecule has 98 valence electrons. The maximum Gasteiger partial charge on any atom is 0.340 e. The minimum atomic E-state index is -0.404. The highest BCUT2D eigenvalue weighted by molar-refractivity contribution is 6.34. The van der Waals surface area contributed by atoms with Crippen LogP contribution in [0.15, 0.2) is 12.1 Å². The van der Waals surface area contributed by atoms with Crippen molar-refractivity contribution in [3.05, 3.63) is 22.7 Å². The maximum atomic E-state index is 11.8. The van der Waals surface area contributed by atoms with Crippen LogP contribution >= 0.6 is 11.6 Å². The molecule has 18 heavy (non-hydrogen) atoms. The molecular weight excluding hydrogens is 252 g/mol. The Morgan fingerprint density at radius 3 is 2.83 bits per heavy atom. The second-order valence-electron chi connectivity index (χ2n) is 4.73. The Morgan fingerprint density at radius 2 is 2.28 bits per heavy atom. The zero-order valence-corrected chi connectivity index (χ0v) is 11.3. The first-order valence-corrected chi connectivity index (χ1v) is 6.33. The minimum Gasteiger partial charge on any atom is -0.465 e. The smallest absolute Gasteiger partial charge is 0.340 e. The average molecular weight is 269 g/mol. The van der Waals surface area contributed by atoms with Crippen molar-refractivity contribution in [3.63, 3.8) is 0 Å². The molecule has 2 rings (SSSR count). The third-order valence-electron chi connectivity index (χ3n) is 3.23. The van der Waals surface area contributed by atoms with Crippen molar-refractivity contribution >= 4 is 28.9 Å². The van der Waals surface area contributed by atoms with Gasteiger partial charge in [-0.3, -0.25) is 0 Å². The molecule has 1 heterocycles. The van der Waals surface area contributed by atoms with Crippen molar-refractivity contribution in [1.29, 1.82) is 0 Å². The maximum absolute atomic E-state index is 11.8. The van der Waals surface area contributed by atoms with Gasteiger partial charge in [-0.15, -0.1) is 0 Å². The number of halogens is 1. The lowest BCUT2D eigenvalue weighted by atomic mass is 10.1. The van der Waals surface area contributed by atoms with Gasteiger partial charge in [-0.25, -0.2) is 4.79 Å². The molecule has 5 heteroatoms. The number of nitrogens with zero attached hydrogens (tertiary/aromatic N) is 1. The first kappa shape index (κ1) is 13.0. The van der Waals surface area contributed by atoms with Crippen LogP contribution in [0.5, 0.6) is 0 Å². The summed E-state index contributed by atoms with van der Waals surface area (Å²) in [6.45, 7) is 3.98. The summed E-state index contributed by atoms with van der Waals surface area (Å²) in [5, 5.41) is 0.504. The molecule has 1 atom stereocenters. The minimum absolute atomic E-state index is 0.404. The number of hydrogen-bond acceptors (Lipinski definition) is 4. The Balaban J connectivity index is 2.47. The number of carbonyl (C=O) groups excluding carboxylic acids is 1. The van der Waals surface area contributed by atoms with E-state index >= 15 is 0 Å². The summed E-state index contributed by atoms with van der Waals surface area (Å²) in [7, 11) is 1.36. The molecule has 1 aromatic carbocycles. The highest BCUT2D eigenvalue weighted by Crippen LogP contribution is 2.35. The predicted octanol–water partition coefficient (Wildman–Crippen LogP) is 2.56. The summed E-state index contributed by atoms with van der Waals surface area (Å²) in [6, 6.07) is 3.29. The zero-order valence-electron chi connectivity index (χ0n) is 10.6. The third kappa shape index (κ3) is 2.38. The molecular formula is C13H17ClN2O2. The van der Waals surface area contributed by atoms with E-state index in [0.717, 1.165) is 25.2 Å². The molecule has 0 spiro atoms. The summed E-state index contributed by atoms with van der Waals surface area (Å²) >= 11 is 6.23. The summed E-state index contributed by atoms with van der Waals surface area (Å²) in [4.78, 5) is 13.9. The normalized spacial score (nSPS) is 19.1. The Bertz CT molecular complexity index is 476. The number of hydrogen-bond donors (Lipinski definition) is 1. The molecule has 0 aliphatic carbocycles. The fourth-order valence-corrected chi connectivity index (χ4v) is 2.69. The molecule has 0 saturated carbocycles. The fourth-order valence-electron chi connectivity index (χ4n) is 2.35. The van der Waals surface area contributed by atoms with E-state index in [1.165, 1.54) is 7.11 Å². The molecule has 1 unspecified atom stereocenters. The lowest BCUT2D eigenvalue weighted by Crippen LogP contribution is -2.22. The van der Waals surface area contributed by atoms with Gasteiger partial charge in [0.2, 0.25) is 0 Å². The number of methoxy groups -OCH3 is 1. The van der Waals surface area contributed by atoms with Crippen LogP contribution in [0, 0.1) is 5.92 Å². The van der Waals surface area contributed by atoms with Crippen LogP contribution in [0.25, 0.3) is 0 Å². The summed E-state index contributed by atoms with van der Waals surface area (Å²) in [5.74, 6) is 0.197. The van der Waals surface area contributed by atoms with Gasteiger partial charge in [0.05, 0.1) is 23.4 Å². The lowest BCUT2D eigenvalue weighted by Gasteiger charge is -2.22. The highest BCUT2D eigenvalue weighted by atomic mass is 35.5. The first-order chi connectivity index (χ1) is 8.52. The van der Waals surface area contributed by atoms with Crippen molar-refractivity contribution in [2.24, 2.45) is 5.92 Å². The van der Waals surface area contributed by atoms with E-state index < -0.39 is 5.97 Å². The largest absolute Gasteiger partial charge is 0.465 e. The standard InChI is InChI=1S/C13H17ClN2O2/c1-8-3-4-16(7-8)12-10(13(17)18-2)5-9(15)6-11(12)14/h5-6,8H,3-4,7,15H2,1-2H3.